The second-order valence-corrected chi connectivity index (χ2v) is 3.99. The monoisotopic (exact) mass is 276 g/mol. The van der Waals surface area contributed by atoms with Crippen molar-refractivity contribution in [2.45, 2.75) is 13.8 Å². The lowest BCUT2D eigenvalue weighted by molar-refractivity contribution is 0.0698. The van der Waals surface area contributed by atoms with Gasteiger partial charge in [-0.1, -0.05) is 0 Å². The first-order valence-corrected chi connectivity index (χ1v) is 6.34. The number of benzene rings is 1. The van der Waals surface area contributed by atoms with E-state index in [0.29, 0.717) is 36.0 Å². The Labute approximate surface area is 116 Å². The quantitative estimate of drug-likeness (QED) is 0.847. The largest absolute Gasteiger partial charge is 0.490 e. The summed E-state index contributed by atoms with van der Waals surface area (Å²) in [6, 6.07) is 5.28. The van der Waals surface area contributed by atoms with Crippen molar-refractivity contribution in [2.75, 3.05) is 13.2 Å². The van der Waals surface area contributed by atoms with Gasteiger partial charge in [-0.25, -0.2) is 4.79 Å². The Balaban J connectivity index is 2.44. The molecule has 0 saturated heterocycles. The molecule has 0 atom stereocenters. The van der Waals surface area contributed by atoms with Crippen LogP contribution in [0.3, 0.4) is 0 Å². The van der Waals surface area contributed by atoms with E-state index in [4.69, 9.17) is 14.6 Å². The lowest BCUT2D eigenvalue weighted by Gasteiger charge is -2.12. The third-order valence-corrected chi connectivity index (χ3v) is 2.70. The number of nitrogens with one attached hydrogen (secondary N) is 1. The highest BCUT2D eigenvalue weighted by Gasteiger charge is 2.16. The van der Waals surface area contributed by atoms with E-state index in [0.717, 1.165) is 0 Å². The Morgan fingerprint density at radius 1 is 1.25 bits per heavy atom. The van der Waals surface area contributed by atoms with Gasteiger partial charge in [-0.15, -0.1) is 0 Å². The van der Waals surface area contributed by atoms with Crippen LogP contribution in [0.15, 0.2) is 24.4 Å². The lowest BCUT2D eigenvalue weighted by atomic mass is 10.1. The predicted octanol–water partition coefficient (Wildman–Crippen LogP) is 2.57. The maximum atomic E-state index is 11.1. The second kappa shape index (κ2) is 6.10. The van der Waals surface area contributed by atoms with Crippen molar-refractivity contribution in [3.8, 4) is 22.8 Å². The molecule has 0 radical (unpaired) electrons. The molecule has 0 spiro atoms. The van der Waals surface area contributed by atoms with Gasteiger partial charge in [-0.2, -0.15) is 5.10 Å². The van der Waals surface area contributed by atoms with Crippen molar-refractivity contribution in [1.82, 2.24) is 10.2 Å². The summed E-state index contributed by atoms with van der Waals surface area (Å²) in [4.78, 5) is 11.1. The van der Waals surface area contributed by atoms with E-state index in [9.17, 15) is 4.79 Å². The highest BCUT2D eigenvalue weighted by atomic mass is 16.5. The van der Waals surface area contributed by atoms with Crippen molar-refractivity contribution >= 4 is 5.97 Å². The van der Waals surface area contributed by atoms with Gasteiger partial charge in [0.25, 0.3) is 0 Å². The fraction of sp³-hybridized carbons (Fsp3) is 0.286. The Bertz CT molecular complexity index is 607. The van der Waals surface area contributed by atoms with Gasteiger partial charge >= 0.3 is 5.97 Å². The fourth-order valence-electron chi connectivity index (χ4n) is 1.87. The van der Waals surface area contributed by atoms with Gasteiger partial charge in [-0.3, -0.25) is 5.10 Å². The van der Waals surface area contributed by atoms with Gasteiger partial charge < -0.3 is 14.6 Å². The number of aromatic carboxylic acids is 1. The molecule has 6 heteroatoms. The standard InChI is InChI=1S/C14H16N2O4/c1-3-19-11-6-5-9(7-12(11)20-4-2)13-10(14(17)18)8-15-16-13/h5-8H,3-4H2,1-2H3,(H,15,16)(H,17,18). The minimum absolute atomic E-state index is 0.122. The Morgan fingerprint density at radius 2 is 1.95 bits per heavy atom. The van der Waals surface area contributed by atoms with Gasteiger partial charge in [-0.05, 0) is 32.0 Å². The van der Waals surface area contributed by atoms with E-state index >= 15 is 0 Å². The molecule has 1 aromatic carbocycles. The van der Waals surface area contributed by atoms with Gasteiger partial charge in [0, 0.05) is 5.56 Å². The summed E-state index contributed by atoms with van der Waals surface area (Å²) in [6.45, 7) is 4.80. The van der Waals surface area contributed by atoms with Crippen molar-refractivity contribution in [3.05, 3.63) is 30.0 Å². The molecule has 2 N–H and O–H groups in total. The third-order valence-electron chi connectivity index (χ3n) is 2.70. The molecule has 20 heavy (non-hydrogen) atoms. The van der Waals surface area contributed by atoms with Gasteiger partial charge in [0.05, 0.1) is 25.1 Å². The van der Waals surface area contributed by atoms with Crippen molar-refractivity contribution in [3.63, 3.8) is 0 Å². The highest BCUT2D eigenvalue weighted by molar-refractivity contribution is 5.94. The highest BCUT2D eigenvalue weighted by Crippen LogP contribution is 2.33. The summed E-state index contributed by atoms with van der Waals surface area (Å²) in [7, 11) is 0. The van der Waals surface area contributed by atoms with Crippen LogP contribution in [0.2, 0.25) is 0 Å². The molecule has 0 aliphatic heterocycles. The van der Waals surface area contributed by atoms with E-state index in [2.05, 4.69) is 10.2 Å². The van der Waals surface area contributed by atoms with Crippen LogP contribution in [0, 0.1) is 0 Å². The molecule has 6 nitrogen and oxygen atoms in total. The van der Waals surface area contributed by atoms with Crippen LogP contribution in [0.5, 0.6) is 11.5 Å². The van der Waals surface area contributed by atoms with Crippen LogP contribution in [0.25, 0.3) is 11.3 Å². The summed E-state index contributed by atoms with van der Waals surface area (Å²) in [5, 5.41) is 15.6. The van der Waals surface area contributed by atoms with Crippen molar-refractivity contribution in [1.29, 1.82) is 0 Å². The Morgan fingerprint density at radius 3 is 2.60 bits per heavy atom. The summed E-state index contributed by atoms with van der Waals surface area (Å²) < 4.78 is 11.0. The van der Waals surface area contributed by atoms with Crippen LogP contribution in [-0.4, -0.2) is 34.5 Å². The molecule has 0 saturated carbocycles. The zero-order valence-electron chi connectivity index (χ0n) is 11.3. The van der Waals surface area contributed by atoms with Gasteiger partial charge in [0.2, 0.25) is 0 Å². The number of nitrogens with zero attached hydrogens (tertiary/aromatic N) is 1. The first kappa shape index (κ1) is 13.9. The first-order chi connectivity index (χ1) is 9.67. The third kappa shape index (κ3) is 2.74. The Kier molecular flexibility index (Phi) is 4.24. The maximum absolute atomic E-state index is 11.1. The van der Waals surface area contributed by atoms with Crippen LogP contribution >= 0.6 is 0 Å². The first-order valence-electron chi connectivity index (χ1n) is 6.34. The smallest absolute Gasteiger partial charge is 0.339 e. The number of hydrogen-bond acceptors (Lipinski definition) is 4. The zero-order chi connectivity index (χ0) is 14.5. The number of ether oxygens (including phenoxy) is 2. The van der Waals surface area contributed by atoms with Crippen LogP contribution < -0.4 is 9.47 Å². The average molecular weight is 276 g/mol. The maximum Gasteiger partial charge on any atom is 0.339 e. The number of aromatic amines is 1. The van der Waals surface area contributed by atoms with Crippen LogP contribution in [0.1, 0.15) is 24.2 Å². The summed E-state index contributed by atoms with van der Waals surface area (Å²) in [6.07, 6.45) is 1.29. The van der Waals surface area contributed by atoms with Gasteiger partial charge in [0.15, 0.2) is 11.5 Å². The van der Waals surface area contributed by atoms with E-state index in [1.807, 2.05) is 13.8 Å². The van der Waals surface area contributed by atoms with Crippen molar-refractivity contribution < 1.29 is 19.4 Å². The molecule has 2 aromatic rings. The lowest BCUT2D eigenvalue weighted by Crippen LogP contribution is -2.00. The second-order valence-electron chi connectivity index (χ2n) is 3.99. The van der Waals surface area contributed by atoms with Crippen LogP contribution in [-0.2, 0) is 0 Å². The van der Waals surface area contributed by atoms with E-state index in [1.54, 1.807) is 18.2 Å². The molecule has 1 heterocycles. The molecular weight excluding hydrogens is 260 g/mol. The normalized spacial score (nSPS) is 10.3. The predicted molar refractivity (Wildman–Crippen MR) is 73.3 cm³/mol. The molecule has 0 bridgehead atoms. The topological polar surface area (TPSA) is 84.4 Å². The number of aromatic nitrogens is 2. The minimum atomic E-state index is -1.03. The summed E-state index contributed by atoms with van der Waals surface area (Å²) in [5.41, 5.74) is 1.25. The summed E-state index contributed by atoms with van der Waals surface area (Å²) >= 11 is 0. The molecule has 1 aromatic heterocycles. The van der Waals surface area contributed by atoms with E-state index in [-0.39, 0.29) is 5.56 Å². The molecule has 2 rings (SSSR count). The molecular formula is C14H16N2O4. The van der Waals surface area contributed by atoms with E-state index < -0.39 is 5.97 Å². The SMILES string of the molecule is CCOc1ccc(-c2[nH]ncc2C(=O)O)cc1OCC. The molecule has 0 unspecified atom stereocenters. The number of hydrogen-bond donors (Lipinski definition) is 2. The molecule has 0 aliphatic rings. The Hall–Kier alpha value is -2.50. The molecule has 0 amide bonds. The molecule has 0 fully saturated rings. The molecule has 0 aliphatic carbocycles. The van der Waals surface area contributed by atoms with Gasteiger partial charge in [0.1, 0.15) is 5.56 Å². The van der Waals surface area contributed by atoms with Crippen LogP contribution in [0.4, 0.5) is 0 Å². The zero-order valence-corrected chi connectivity index (χ0v) is 11.3. The van der Waals surface area contributed by atoms with E-state index in [1.165, 1.54) is 6.20 Å². The number of carboxylic acid groups (broad SMARTS) is 1. The number of carbonyl (C=O) groups is 1. The number of rotatable bonds is 6. The minimum Gasteiger partial charge on any atom is -0.490 e. The molecule has 106 valence electrons. The fourth-order valence-corrected chi connectivity index (χ4v) is 1.87. The summed E-state index contributed by atoms with van der Waals surface area (Å²) in [5.74, 6) is 0.188. The average Bonchev–Trinajstić information content (AvgIpc) is 2.91. The van der Waals surface area contributed by atoms with Crippen molar-refractivity contribution in [2.24, 2.45) is 0 Å². The number of carboxylic acids is 1. The number of H-pyrrole nitrogens is 1.